The summed E-state index contributed by atoms with van der Waals surface area (Å²) in [5, 5.41) is 8.26. The van der Waals surface area contributed by atoms with E-state index < -0.39 is 0 Å². The molecule has 3 rings (SSSR count). The van der Waals surface area contributed by atoms with Gasteiger partial charge in [0.05, 0.1) is 10.6 Å². The zero-order valence-corrected chi connectivity index (χ0v) is 10.4. The Bertz CT molecular complexity index is 472. The number of rotatable bonds is 2. The molecule has 1 aliphatic heterocycles. The normalized spacial score (nSPS) is 26.5. The van der Waals surface area contributed by atoms with Crippen molar-refractivity contribution in [2.75, 3.05) is 11.4 Å². The van der Waals surface area contributed by atoms with Crippen LogP contribution < -0.4 is 10.6 Å². The van der Waals surface area contributed by atoms with Crippen LogP contribution in [0.25, 0.3) is 0 Å². The lowest BCUT2D eigenvalue weighted by molar-refractivity contribution is 0.553. The fraction of sp³-hybridized carbons (Fsp3) is 0.462. The first-order valence-corrected chi connectivity index (χ1v) is 6.44. The number of benzene rings is 1. The maximum atomic E-state index is 7.68. The second-order valence-corrected chi connectivity index (χ2v) is 5.44. The monoisotopic (exact) mass is 249 g/mol. The first kappa shape index (κ1) is 10.9. The van der Waals surface area contributed by atoms with Crippen molar-refractivity contribution in [3.63, 3.8) is 0 Å². The van der Waals surface area contributed by atoms with E-state index in [2.05, 4.69) is 4.90 Å². The van der Waals surface area contributed by atoms with Crippen molar-refractivity contribution in [2.24, 2.45) is 11.7 Å². The van der Waals surface area contributed by atoms with Crippen molar-refractivity contribution < 1.29 is 0 Å². The minimum absolute atomic E-state index is 0.0633. The number of amidine groups is 1. The Labute approximate surface area is 106 Å². The molecule has 1 aliphatic carbocycles. The number of piperidine rings is 1. The number of hydrogen-bond acceptors (Lipinski definition) is 2. The van der Waals surface area contributed by atoms with E-state index >= 15 is 0 Å². The number of nitrogen functional groups attached to an aromatic ring is 1. The number of anilines is 1. The maximum Gasteiger partial charge on any atom is 0.126 e. The molecule has 0 radical (unpaired) electrons. The van der Waals surface area contributed by atoms with Crippen molar-refractivity contribution in [3.8, 4) is 0 Å². The van der Waals surface area contributed by atoms with Gasteiger partial charge in [0.2, 0.25) is 0 Å². The van der Waals surface area contributed by atoms with Gasteiger partial charge in [-0.2, -0.15) is 0 Å². The van der Waals surface area contributed by atoms with Crippen LogP contribution in [0.5, 0.6) is 0 Å². The lowest BCUT2D eigenvalue weighted by atomic mass is 10.1. The molecule has 2 fully saturated rings. The van der Waals surface area contributed by atoms with Crippen LogP contribution in [0.15, 0.2) is 18.2 Å². The second kappa shape index (κ2) is 3.91. The second-order valence-electron chi connectivity index (χ2n) is 5.03. The van der Waals surface area contributed by atoms with Gasteiger partial charge in [-0.05, 0) is 37.3 Å². The number of nitrogens with two attached hydrogens (primary N) is 1. The fourth-order valence-electron chi connectivity index (χ4n) is 3.24. The molecule has 2 bridgehead atoms. The van der Waals surface area contributed by atoms with E-state index in [4.69, 9.17) is 22.7 Å². The van der Waals surface area contributed by atoms with E-state index in [-0.39, 0.29) is 5.84 Å². The molecular formula is C13H16ClN3. The average molecular weight is 250 g/mol. The van der Waals surface area contributed by atoms with Crippen molar-refractivity contribution in [1.29, 1.82) is 5.41 Å². The molecule has 2 aliphatic rings. The SMILES string of the molecule is N=C(N)c1c(Cl)cccc1N1CC2CCC1C2. The topological polar surface area (TPSA) is 53.1 Å². The van der Waals surface area contributed by atoms with Crippen LogP contribution in [0.4, 0.5) is 5.69 Å². The van der Waals surface area contributed by atoms with Crippen LogP contribution in [-0.2, 0) is 0 Å². The standard InChI is InChI=1S/C13H16ClN3/c14-10-2-1-3-11(12(10)13(15)16)17-7-8-4-5-9(17)6-8/h1-3,8-9H,4-7H2,(H3,15,16). The predicted octanol–water partition coefficient (Wildman–Crippen LogP) is 2.61. The fourth-order valence-corrected chi connectivity index (χ4v) is 3.51. The molecule has 90 valence electrons. The third-order valence-electron chi connectivity index (χ3n) is 3.98. The molecule has 2 atom stereocenters. The Morgan fingerprint density at radius 2 is 2.24 bits per heavy atom. The lowest BCUT2D eigenvalue weighted by Crippen LogP contribution is -2.33. The van der Waals surface area contributed by atoms with Gasteiger partial charge in [-0.25, -0.2) is 0 Å². The quantitative estimate of drug-likeness (QED) is 0.625. The largest absolute Gasteiger partial charge is 0.384 e. The van der Waals surface area contributed by atoms with Crippen LogP contribution in [0.1, 0.15) is 24.8 Å². The summed E-state index contributed by atoms with van der Waals surface area (Å²) >= 11 is 6.16. The molecule has 2 unspecified atom stereocenters. The van der Waals surface area contributed by atoms with Crippen LogP contribution in [-0.4, -0.2) is 18.4 Å². The summed E-state index contributed by atoms with van der Waals surface area (Å²) in [5.74, 6) is 0.882. The summed E-state index contributed by atoms with van der Waals surface area (Å²) in [6.45, 7) is 1.09. The number of nitrogens with zero attached hydrogens (tertiary/aromatic N) is 1. The van der Waals surface area contributed by atoms with E-state index in [1.807, 2.05) is 12.1 Å². The molecule has 4 heteroatoms. The lowest BCUT2D eigenvalue weighted by Gasteiger charge is -2.31. The van der Waals surface area contributed by atoms with Gasteiger partial charge in [-0.1, -0.05) is 17.7 Å². The zero-order valence-electron chi connectivity index (χ0n) is 9.62. The van der Waals surface area contributed by atoms with Gasteiger partial charge in [0.1, 0.15) is 5.84 Å². The van der Waals surface area contributed by atoms with Crippen LogP contribution >= 0.6 is 11.6 Å². The highest BCUT2D eigenvalue weighted by Crippen LogP contribution is 2.42. The third kappa shape index (κ3) is 1.69. The molecule has 3 nitrogen and oxygen atoms in total. The predicted molar refractivity (Wildman–Crippen MR) is 70.9 cm³/mol. The summed E-state index contributed by atoms with van der Waals surface area (Å²) in [4.78, 5) is 2.39. The first-order valence-electron chi connectivity index (χ1n) is 6.06. The summed E-state index contributed by atoms with van der Waals surface area (Å²) in [5.41, 5.74) is 7.39. The van der Waals surface area contributed by atoms with E-state index in [1.54, 1.807) is 6.07 Å². The smallest absolute Gasteiger partial charge is 0.126 e. The Morgan fingerprint density at radius 1 is 1.41 bits per heavy atom. The molecule has 1 saturated heterocycles. The third-order valence-corrected chi connectivity index (χ3v) is 4.29. The van der Waals surface area contributed by atoms with E-state index in [9.17, 15) is 0 Å². The molecule has 0 amide bonds. The molecule has 1 heterocycles. The first-order chi connectivity index (χ1) is 8.16. The highest BCUT2D eigenvalue weighted by molar-refractivity contribution is 6.34. The van der Waals surface area contributed by atoms with E-state index in [1.165, 1.54) is 19.3 Å². The minimum atomic E-state index is 0.0633. The van der Waals surface area contributed by atoms with Gasteiger partial charge in [-0.15, -0.1) is 0 Å². The van der Waals surface area contributed by atoms with E-state index in [0.717, 1.165) is 18.2 Å². The van der Waals surface area contributed by atoms with Crippen molar-refractivity contribution in [1.82, 2.24) is 0 Å². The van der Waals surface area contributed by atoms with Gasteiger partial charge in [0, 0.05) is 18.3 Å². The highest BCUT2D eigenvalue weighted by atomic mass is 35.5. The number of halogens is 1. The molecule has 17 heavy (non-hydrogen) atoms. The summed E-state index contributed by atoms with van der Waals surface area (Å²) in [6, 6.07) is 6.40. The molecule has 1 aromatic carbocycles. The molecule has 1 saturated carbocycles. The van der Waals surface area contributed by atoms with Crippen LogP contribution in [0.2, 0.25) is 5.02 Å². The van der Waals surface area contributed by atoms with Crippen LogP contribution in [0, 0.1) is 11.3 Å². The maximum absolute atomic E-state index is 7.68. The van der Waals surface area contributed by atoms with Gasteiger partial charge in [0.15, 0.2) is 0 Å². The van der Waals surface area contributed by atoms with Gasteiger partial charge < -0.3 is 10.6 Å². The Morgan fingerprint density at radius 3 is 2.82 bits per heavy atom. The summed E-state index contributed by atoms with van der Waals surface area (Å²) < 4.78 is 0. The number of hydrogen-bond donors (Lipinski definition) is 2. The van der Waals surface area contributed by atoms with Gasteiger partial charge >= 0.3 is 0 Å². The molecule has 3 N–H and O–H groups in total. The van der Waals surface area contributed by atoms with Gasteiger partial charge in [0.25, 0.3) is 0 Å². The Kier molecular flexibility index (Phi) is 2.51. The molecular weight excluding hydrogens is 234 g/mol. The molecule has 0 aromatic heterocycles. The van der Waals surface area contributed by atoms with Crippen molar-refractivity contribution in [2.45, 2.75) is 25.3 Å². The number of nitrogens with one attached hydrogen (secondary N) is 1. The van der Waals surface area contributed by atoms with Crippen molar-refractivity contribution >= 4 is 23.1 Å². The molecule has 1 aromatic rings. The van der Waals surface area contributed by atoms with Crippen LogP contribution in [0.3, 0.4) is 0 Å². The van der Waals surface area contributed by atoms with Gasteiger partial charge in [-0.3, -0.25) is 5.41 Å². The zero-order chi connectivity index (χ0) is 12.0. The summed E-state index contributed by atoms with van der Waals surface area (Å²) in [6.07, 6.45) is 3.88. The Hall–Kier alpha value is -1.22. The summed E-state index contributed by atoms with van der Waals surface area (Å²) in [7, 11) is 0. The highest BCUT2D eigenvalue weighted by Gasteiger charge is 2.38. The van der Waals surface area contributed by atoms with Crippen molar-refractivity contribution in [3.05, 3.63) is 28.8 Å². The average Bonchev–Trinajstić information content (AvgIpc) is 2.89. The Balaban J connectivity index is 2.03. The minimum Gasteiger partial charge on any atom is -0.384 e. The number of fused-ring (bicyclic) bond motifs is 2. The van der Waals surface area contributed by atoms with E-state index in [0.29, 0.717) is 16.6 Å². The molecule has 0 spiro atoms.